The second-order valence-electron chi connectivity index (χ2n) is 9.62. The van der Waals surface area contributed by atoms with Gasteiger partial charge >= 0.3 is 0 Å². The number of H-pyrrole nitrogens is 1. The molecule has 0 aliphatic carbocycles. The van der Waals surface area contributed by atoms with E-state index in [0.717, 1.165) is 60.6 Å². The van der Waals surface area contributed by atoms with Gasteiger partial charge in [-0.25, -0.2) is 4.98 Å². The minimum absolute atomic E-state index is 0.212. The van der Waals surface area contributed by atoms with Gasteiger partial charge in [0.15, 0.2) is 0 Å². The fraction of sp³-hybridized carbons (Fsp3) is 0.517. The monoisotopic (exact) mass is 508 g/mol. The number of likely N-dealkylation sites (tertiary alicyclic amines) is 1. The Morgan fingerprint density at radius 3 is 2.65 bits per heavy atom. The molecule has 5 N–H and O–H groups in total. The standard InChI is InChI=1S/C19H22N4O.C9H19N.CH3NO/c20-18(24)5-3-1-2-4-6-19-22-13-17(23-19)15-8-7-14-9-10-21-12-16(14)11-15;1-3-6-9-7-4-5-8-10(9)2;2-1-3/h7-13H,1-6H2,(H2,20,24)(H,22,23);9H,3-8H2,1-2H3;1H,(H2,2,3). The molecule has 2 amide bonds. The average Bonchev–Trinajstić information content (AvgIpc) is 3.37. The number of carbonyl (C=O) groups excluding carboxylic acids is 2. The molecule has 37 heavy (non-hydrogen) atoms. The van der Waals surface area contributed by atoms with E-state index in [9.17, 15) is 4.79 Å². The first-order valence-corrected chi connectivity index (χ1v) is 13.5. The topological polar surface area (TPSA) is 131 Å². The van der Waals surface area contributed by atoms with Gasteiger partial charge in [-0.1, -0.05) is 44.7 Å². The molecule has 8 heteroatoms. The highest BCUT2D eigenvalue weighted by Gasteiger charge is 2.16. The van der Waals surface area contributed by atoms with E-state index in [2.05, 4.69) is 57.8 Å². The summed E-state index contributed by atoms with van der Waals surface area (Å²) < 4.78 is 0. The number of aryl methyl sites for hydroxylation is 1. The highest BCUT2D eigenvalue weighted by atomic mass is 16.1. The Kier molecular flexibility index (Phi) is 14.0. The van der Waals surface area contributed by atoms with Gasteiger partial charge in [0.25, 0.3) is 0 Å². The van der Waals surface area contributed by atoms with Crippen molar-refractivity contribution < 1.29 is 9.59 Å². The van der Waals surface area contributed by atoms with Crippen LogP contribution in [0.5, 0.6) is 0 Å². The number of nitrogens with zero attached hydrogens (tertiary/aromatic N) is 3. The summed E-state index contributed by atoms with van der Waals surface area (Å²) in [7, 11) is 2.26. The number of amides is 2. The second kappa shape index (κ2) is 17.2. The third-order valence-electron chi connectivity index (χ3n) is 6.71. The van der Waals surface area contributed by atoms with Crippen molar-refractivity contribution in [2.75, 3.05) is 13.6 Å². The highest BCUT2D eigenvalue weighted by Crippen LogP contribution is 2.23. The Bertz CT molecular complexity index is 1070. The predicted octanol–water partition coefficient (Wildman–Crippen LogP) is 4.98. The van der Waals surface area contributed by atoms with Crippen molar-refractivity contribution in [2.24, 2.45) is 11.5 Å². The molecule has 3 aromatic rings. The number of imidazole rings is 1. The van der Waals surface area contributed by atoms with Gasteiger partial charge in [-0.05, 0) is 63.2 Å². The fourth-order valence-electron chi connectivity index (χ4n) is 4.68. The van der Waals surface area contributed by atoms with Crippen molar-refractivity contribution in [2.45, 2.75) is 83.6 Å². The Balaban J connectivity index is 0.000000308. The van der Waals surface area contributed by atoms with Crippen LogP contribution >= 0.6 is 0 Å². The average molecular weight is 509 g/mol. The number of hydrogen-bond acceptors (Lipinski definition) is 5. The van der Waals surface area contributed by atoms with Gasteiger partial charge in [0.1, 0.15) is 5.82 Å². The molecular formula is C29H44N6O2. The summed E-state index contributed by atoms with van der Waals surface area (Å²) in [6.07, 6.45) is 18.3. The van der Waals surface area contributed by atoms with Crippen molar-refractivity contribution in [3.05, 3.63) is 48.7 Å². The first-order chi connectivity index (χ1) is 18.0. The van der Waals surface area contributed by atoms with Crippen molar-refractivity contribution in [1.82, 2.24) is 19.9 Å². The summed E-state index contributed by atoms with van der Waals surface area (Å²) in [5.74, 6) is 0.794. The number of aromatic nitrogens is 3. The number of hydrogen-bond donors (Lipinski definition) is 3. The van der Waals surface area contributed by atoms with Crippen LogP contribution in [0.25, 0.3) is 22.0 Å². The summed E-state index contributed by atoms with van der Waals surface area (Å²) in [6.45, 7) is 3.60. The molecule has 1 fully saturated rings. The third-order valence-corrected chi connectivity index (χ3v) is 6.71. The van der Waals surface area contributed by atoms with Crippen LogP contribution in [0.15, 0.2) is 42.9 Å². The molecule has 1 atom stereocenters. The number of aromatic amines is 1. The van der Waals surface area contributed by atoms with Gasteiger partial charge in [0, 0.05) is 42.2 Å². The summed E-state index contributed by atoms with van der Waals surface area (Å²) in [5, 5.41) is 2.31. The SMILES string of the molecule is CCCC1CCCCN1C.NC(=O)CCCCCCc1ncc(-c2ccc3ccncc3c2)[nH]1.NC=O. The molecule has 3 heterocycles. The van der Waals surface area contributed by atoms with E-state index in [1.807, 2.05) is 18.5 Å². The minimum atomic E-state index is -0.212. The molecule has 0 radical (unpaired) electrons. The lowest BCUT2D eigenvalue weighted by Gasteiger charge is -2.32. The number of nitrogens with two attached hydrogens (primary N) is 2. The second-order valence-corrected chi connectivity index (χ2v) is 9.62. The maximum absolute atomic E-state index is 10.7. The Morgan fingerprint density at radius 1 is 1.14 bits per heavy atom. The largest absolute Gasteiger partial charge is 0.372 e. The molecule has 1 aliphatic heterocycles. The molecular weight excluding hydrogens is 464 g/mol. The zero-order valence-electron chi connectivity index (χ0n) is 22.5. The number of unbranched alkanes of at least 4 members (excludes halogenated alkanes) is 3. The predicted molar refractivity (Wildman–Crippen MR) is 151 cm³/mol. The number of fused-ring (bicyclic) bond motifs is 1. The van der Waals surface area contributed by atoms with Crippen LogP contribution in [0.1, 0.15) is 77.0 Å². The summed E-state index contributed by atoms with van der Waals surface area (Å²) in [5.41, 5.74) is 11.5. The lowest BCUT2D eigenvalue weighted by atomic mass is 9.99. The van der Waals surface area contributed by atoms with E-state index in [1.165, 1.54) is 44.0 Å². The van der Waals surface area contributed by atoms with E-state index in [4.69, 9.17) is 10.5 Å². The van der Waals surface area contributed by atoms with Gasteiger partial charge in [0.2, 0.25) is 12.3 Å². The number of pyridine rings is 1. The number of primary amides is 2. The quantitative estimate of drug-likeness (QED) is 0.263. The Hall–Kier alpha value is -3.26. The molecule has 4 rings (SSSR count). The van der Waals surface area contributed by atoms with Crippen molar-refractivity contribution in [3.8, 4) is 11.3 Å². The van der Waals surface area contributed by atoms with Gasteiger partial charge < -0.3 is 21.4 Å². The maximum Gasteiger partial charge on any atom is 0.217 e. The van der Waals surface area contributed by atoms with E-state index in [0.29, 0.717) is 6.42 Å². The maximum atomic E-state index is 10.7. The van der Waals surface area contributed by atoms with Gasteiger partial charge in [0.05, 0.1) is 11.9 Å². The molecule has 8 nitrogen and oxygen atoms in total. The number of piperidine rings is 1. The van der Waals surface area contributed by atoms with Crippen LogP contribution in [0, 0.1) is 0 Å². The number of nitrogens with one attached hydrogen (secondary N) is 1. The van der Waals surface area contributed by atoms with Gasteiger partial charge in [-0.3, -0.25) is 14.6 Å². The summed E-state index contributed by atoms with van der Waals surface area (Å²) in [4.78, 5) is 33.8. The number of benzene rings is 1. The van der Waals surface area contributed by atoms with Crippen molar-refractivity contribution >= 4 is 23.1 Å². The van der Waals surface area contributed by atoms with Crippen LogP contribution in [0.2, 0.25) is 0 Å². The molecule has 1 aromatic carbocycles. The first kappa shape index (κ1) is 30.0. The molecule has 202 valence electrons. The molecule has 0 saturated carbocycles. The van der Waals surface area contributed by atoms with Gasteiger partial charge in [-0.2, -0.15) is 0 Å². The molecule has 2 aromatic heterocycles. The molecule has 1 aliphatic rings. The lowest BCUT2D eigenvalue weighted by molar-refractivity contribution is -0.118. The fourth-order valence-corrected chi connectivity index (χ4v) is 4.68. The smallest absolute Gasteiger partial charge is 0.217 e. The van der Waals surface area contributed by atoms with Crippen LogP contribution in [-0.2, 0) is 16.0 Å². The van der Waals surface area contributed by atoms with E-state index < -0.39 is 0 Å². The Morgan fingerprint density at radius 2 is 1.92 bits per heavy atom. The Labute approximate surface area is 221 Å². The number of carbonyl (C=O) groups is 2. The minimum Gasteiger partial charge on any atom is -0.372 e. The summed E-state index contributed by atoms with van der Waals surface area (Å²) in [6, 6.07) is 9.24. The molecule has 0 bridgehead atoms. The lowest BCUT2D eigenvalue weighted by Crippen LogP contribution is -2.35. The summed E-state index contributed by atoms with van der Waals surface area (Å²) >= 11 is 0. The first-order valence-electron chi connectivity index (χ1n) is 13.5. The van der Waals surface area contributed by atoms with Crippen molar-refractivity contribution in [3.63, 3.8) is 0 Å². The highest BCUT2D eigenvalue weighted by molar-refractivity contribution is 5.85. The zero-order chi connectivity index (χ0) is 26.9. The van der Waals surface area contributed by atoms with E-state index in [-0.39, 0.29) is 12.3 Å². The molecule has 0 spiro atoms. The zero-order valence-corrected chi connectivity index (χ0v) is 22.5. The third kappa shape index (κ3) is 11.1. The van der Waals surface area contributed by atoms with Crippen LogP contribution in [-0.4, -0.2) is 51.8 Å². The molecule has 1 unspecified atom stereocenters. The van der Waals surface area contributed by atoms with Crippen molar-refractivity contribution in [1.29, 1.82) is 0 Å². The normalized spacial score (nSPS) is 15.2. The van der Waals surface area contributed by atoms with Crippen LogP contribution in [0.3, 0.4) is 0 Å². The van der Waals surface area contributed by atoms with Crippen LogP contribution in [0.4, 0.5) is 0 Å². The number of rotatable bonds is 10. The van der Waals surface area contributed by atoms with E-state index >= 15 is 0 Å². The molecule has 1 saturated heterocycles. The van der Waals surface area contributed by atoms with Crippen LogP contribution < -0.4 is 11.5 Å². The van der Waals surface area contributed by atoms with Gasteiger partial charge in [-0.15, -0.1) is 0 Å². The van der Waals surface area contributed by atoms with E-state index in [1.54, 1.807) is 6.20 Å².